The van der Waals surface area contributed by atoms with Crippen molar-refractivity contribution in [3.8, 4) is 5.75 Å². The molecular formula is C22H18O3. The standard InChI is InChI=1S/C22H18O3/c23-16-18-11-13-20(14-12-18)25-22(24)21(19-9-5-2-6-10-19)15-17-7-3-1-4-8-17/h1-15,23H,16H2. The highest BCUT2D eigenvalue weighted by atomic mass is 16.5. The fourth-order valence-corrected chi connectivity index (χ4v) is 2.42. The predicted molar refractivity (Wildman–Crippen MR) is 98.8 cm³/mol. The molecule has 1 N–H and O–H groups in total. The summed E-state index contributed by atoms with van der Waals surface area (Å²) < 4.78 is 5.51. The van der Waals surface area contributed by atoms with E-state index in [1.54, 1.807) is 24.3 Å². The van der Waals surface area contributed by atoms with Gasteiger partial charge in [0, 0.05) is 0 Å². The molecule has 0 saturated heterocycles. The van der Waals surface area contributed by atoms with Crippen LogP contribution < -0.4 is 4.74 Å². The number of aliphatic hydroxyl groups excluding tert-OH is 1. The van der Waals surface area contributed by atoms with E-state index in [4.69, 9.17) is 9.84 Å². The average Bonchev–Trinajstić information content (AvgIpc) is 2.68. The monoisotopic (exact) mass is 330 g/mol. The van der Waals surface area contributed by atoms with Gasteiger partial charge < -0.3 is 9.84 Å². The van der Waals surface area contributed by atoms with Crippen LogP contribution in [0.3, 0.4) is 0 Å². The second-order valence-electron chi connectivity index (χ2n) is 5.53. The normalized spacial score (nSPS) is 11.2. The number of ether oxygens (including phenoxy) is 1. The number of aliphatic hydroxyl groups is 1. The minimum atomic E-state index is -0.424. The van der Waals surface area contributed by atoms with Gasteiger partial charge in [0.15, 0.2) is 0 Å². The van der Waals surface area contributed by atoms with Crippen LogP contribution in [0.5, 0.6) is 5.75 Å². The third kappa shape index (κ3) is 4.43. The van der Waals surface area contributed by atoms with Crippen molar-refractivity contribution in [1.82, 2.24) is 0 Å². The van der Waals surface area contributed by atoms with Crippen LogP contribution in [0.4, 0.5) is 0 Å². The maximum absolute atomic E-state index is 12.7. The van der Waals surface area contributed by atoms with Gasteiger partial charge in [-0.2, -0.15) is 0 Å². The molecule has 0 aliphatic heterocycles. The van der Waals surface area contributed by atoms with Crippen molar-refractivity contribution in [1.29, 1.82) is 0 Å². The number of hydrogen-bond donors (Lipinski definition) is 1. The topological polar surface area (TPSA) is 46.5 Å². The molecule has 0 spiro atoms. The fourth-order valence-electron chi connectivity index (χ4n) is 2.42. The molecule has 0 atom stereocenters. The molecule has 3 rings (SSSR count). The van der Waals surface area contributed by atoms with Gasteiger partial charge in [0.05, 0.1) is 12.2 Å². The molecule has 0 bridgehead atoms. The summed E-state index contributed by atoms with van der Waals surface area (Å²) in [7, 11) is 0. The van der Waals surface area contributed by atoms with Crippen molar-refractivity contribution in [2.75, 3.05) is 0 Å². The zero-order valence-electron chi connectivity index (χ0n) is 13.6. The molecule has 0 radical (unpaired) electrons. The Morgan fingerprint density at radius 2 is 1.44 bits per heavy atom. The molecule has 124 valence electrons. The molecule has 0 aliphatic rings. The van der Waals surface area contributed by atoms with Gasteiger partial charge in [0.25, 0.3) is 0 Å². The van der Waals surface area contributed by atoms with Crippen molar-refractivity contribution >= 4 is 17.6 Å². The first-order chi connectivity index (χ1) is 12.3. The van der Waals surface area contributed by atoms with E-state index in [0.29, 0.717) is 11.3 Å². The summed E-state index contributed by atoms with van der Waals surface area (Å²) in [4.78, 5) is 12.7. The van der Waals surface area contributed by atoms with E-state index in [-0.39, 0.29) is 6.61 Å². The number of carbonyl (C=O) groups is 1. The summed E-state index contributed by atoms with van der Waals surface area (Å²) in [6.07, 6.45) is 1.82. The summed E-state index contributed by atoms with van der Waals surface area (Å²) in [5, 5.41) is 9.09. The Morgan fingerprint density at radius 1 is 0.840 bits per heavy atom. The maximum atomic E-state index is 12.7. The van der Waals surface area contributed by atoms with Crippen molar-refractivity contribution in [2.24, 2.45) is 0 Å². The van der Waals surface area contributed by atoms with Crippen LogP contribution in [0.1, 0.15) is 16.7 Å². The van der Waals surface area contributed by atoms with E-state index < -0.39 is 5.97 Å². The molecule has 0 saturated carbocycles. The summed E-state index contributed by atoms with van der Waals surface area (Å²) in [6.45, 7) is -0.0442. The van der Waals surface area contributed by atoms with Crippen LogP contribution in [0.15, 0.2) is 84.9 Å². The van der Waals surface area contributed by atoms with Crippen LogP contribution in [0.25, 0.3) is 11.6 Å². The van der Waals surface area contributed by atoms with E-state index in [0.717, 1.165) is 16.7 Å². The second kappa shape index (κ2) is 8.08. The van der Waals surface area contributed by atoms with Crippen LogP contribution in [-0.4, -0.2) is 11.1 Å². The number of carbonyl (C=O) groups excluding carboxylic acids is 1. The Kier molecular flexibility index (Phi) is 5.39. The Labute approximate surface area is 146 Å². The SMILES string of the molecule is O=C(Oc1ccc(CO)cc1)C(=Cc1ccccc1)c1ccccc1. The molecule has 3 aromatic carbocycles. The first kappa shape index (κ1) is 16.7. The molecule has 3 heteroatoms. The van der Waals surface area contributed by atoms with Crippen LogP contribution in [0, 0.1) is 0 Å². The number of esters is 1. The molecule has 0 aromatic heterocycles. The summed E-state index contributed by atoms with van der Waals surface area (Å²) in [5.74, 6) is 0.0175. The van der Waals surface area contributed by atoms with Crippen LogP contribution >= 0.6 is 0 Å². The van der Waals surface area contributed by atoms with Gasteiger partial charge in [-0.3, -0.25) is 0 Å². The third-order valence-corrected chi connectivity index (χ3v) is 3.73. The lowest BCUT2D eigenvalue weighted by Crippen LogP contribution is -2.10. The summed E-state index contributed by atoms with van der Waals surface area (Å²) >= 11 is 0. The Balaban J connectivity index is 1.91. The van der Waals surface area contributed by atoms with Gasteiger partial charge >= 0.3 is 5.97 Å². The van der Waals surface area contributed by atoms with Crippen molar-refractivity contribution in [3.05, 3.63) is 102 Å². The Bertz CT molecular complexity index is 851. The largest absolute Gasteiger partial charge is 0.423 e. The van der Waals surface area contributed by atoms with Gasteiger partial charge in [0.1, 0.15) is 5.75 Å². The maximum Gasteiger partial charge on any atom is 0.344 e. The van der Waals surface area contributed by atoms with Crippen LogP contribution in [-0.2, 0) is 11.4 Å². The van der Waals surface area contributed by atoms with Gasteiger partial charge in [-0.25, -0.2) is 4.79 Å². The van der Waals surface area contributed by atoms with Gasteiger partial charge in [-0.1, -0.05) is 72.8 Å². The lowest BCUT2D eigenvalue weighted by molar-refractivity contribution is -0.127. The molecule has 3 aromatic rings. The highest BCUT2D eigenvalue weighted by Crippen LogP contribution is 2.22. The molecular weight excluding hydrogens is 312 g/mol. The van der Waals surface area contributed by atoms with Crippen LogP contribution in [0.2, 0.25) is 0 Å². The van der Waals surface area contributed by atoms with Crippen molar-refractivity contribution in [2.45, 2.75) is 6.61 Å². The first-order valence-corrected chi connectivity index (χ1v) is 8.00. The van der Waals surface area contributed by atoms with Gasteiger partial charge in [-0.15, -0.1) is 0 Å². The van der Waals surface area contributed by atoms with E-state index in [1.807, 2.05) is 66.7 Å². The zero-order chi connectivity index (χ0) is 17.5. The number of benzene rings is 3. The van der Waals surface area contributed by atoms with Gasteiger partial charge in [0.2, 0.25) is 0 Å². The number of hydrogen-bond acceptors (Lipinski definition) is 3. The average molecular weight is 330 g/mol. The fraction of sp³-hybridized carbons (Fsp3) is 0.0455. The Hall–Kier alpha value is -3.17. The van der Waals surface area contributed by atoms with E-state index >= 15 is 0 Å². The lowest BCUT2D eigenvalue weighted by atomic mass is 10.0. The molecule has 0 amide bonds. The molecule has 0 heterocycles. The quantitative estimate of drug-likeness (QED) is 0.328. The number of rotatable bonds is 5. The molecule has 0 fully saturated rings. The molecule has 0 aliphatic carbocycles. The summed E-state index contributed by atoms with van der Waals surface area (Å²) in [5.41, 5.74) is 2.97. The van der Waals surface area contributed by atoms with Gasteiger partial charge in [-0.05, 0) is 34.9 Å². The minimum Gasteiger partial charge on any atom is -0.423 e. The Morgan fingerprint density at radius 3 is 2.04 bits per heavy atom. The van der Waals surface area contributed by atoms with Crippen molar-refractivity contribution < 1.29 is 14.6 Å². The summed E-state index contributed by atoms with van der Waals surface area (Å²) in [6, 6.07) is 25.9. The lowest BCUT2D eigenvalue weighted by Gasteiger charge is -2.09. The van der Waals surface area contributed by atoms with E-state index in [2.05, 4.69) is 0 Å². The first-order valence-electron chi connectivity index (χ1n) is 8.00. The smallest absolute Gasteiger partial charge is 0.344 e. The van der Waals surface area contributed by atoms with E-state index in [1.165, 1.54) is 0 Å². The molecule has 0 unspecified atom stereocenters. The molecule has 3 nitrogen and oxygen atoms in total. The predicted octanol–water partition coefficient (Wildman–Crippen LogP) is 4.33. The minimum absolute atomic E-state index is 0.0442. The second-order valence-corrected chi connectivity index (χ2v) is 5.53. The molecule has 25 heavy (non-hydrogen) atoms. The van der Waals surface area contributed by atoms with Crippen molar-refractivity contribution in [3.63, 3.8) is 0 Å². The highest BCUT2D eigenvalue weighted by molar-refractivity contribution is 6.22. The highest BCUT2D eigenvalue weighted by Gasteiger charge is 2.14. The zero-order valence-corrected chi connectivity index (χ0v) is 13.6. The third-order valence-electron chi connectivity index (χ3n) is 3.73. The van der Waals surface area contributed by atoms with E-state index in [9.17, 15) is 4.79 Å².